The number of pyridine rings is 1. The summed E-state index contributed by atoms with van der Waals surface area (Å²) in [6, 6.07) is 7.73. The third kappa shape index (κ3) is 4.67. The topological polar surface area (TPSA) is 97.0 Å². The highest BCUT2D eigenvalue weighted by atomic mass is 32.2. The molecule has 1 aromatic carbocycles. The first-order chi connectivity index (χ1) is 13.9. The zero-order valence-corrected chi connectivity index (χ0v) is 16.1. The van der Waals surface area contributed by atoms with E-state index < -0.39 is 28.7 Å². The van der Waals surface area contributed by atoms with Crippen LogP contribution in [0.4, 0.5) is 22.0 Å². The van der Waals surface area contributed by atoms with Gasteiger partial charge in [-0.2, -0.15) is 22.0 Å². The Morgan fingerprint density at radius 3 is 2.53 bits per heavy atom. The molecule has 162 valence electrons. The van der Waals surface area contributed by atoms with Crippen molar-refractivity contribution >= 4 is 21.1 Å². The Hall–Kier alpha value is -2.80. The number of sulfonamides is 1. The highest BCUT2D eigenvalue weighted by Crippen LogP contribution is 2.36. The molecule has 0 saturated heterocycles. The maximum absolute atomic E-state index is 13.1. The van der Waals surface area contributed by atoms with Crippen LogP contribution in [0.5, 0.6) is 5.75 Å². The third-order valence-electron chi connectivity index (χ3n) is 4.00. The van der Waals surface area contributed by atoms with Gasteiger partial charge in [0.25, 0.3) is 10.0 Å². The number of imidazole rings is 1. The van der Waals surface area contributed by atoms with E-state index >= 15 is 0 Å². The molecule has 7 nitrogen and oxygen atoms in total. The molecule has 0 spiro atoms. The number of benzene rings is 1. The predicted molar refractivity (Wildman–Crippen MR) is 95.6 cm³/mol. The van der Waals surface area contributed by atoms with Crippen molar-refractivity contribution in [3.8, 4) is 5.75 Å². The molecule has 0 radical (unpaired) electrons. The predicted octanol–water partition coefficient (Wildman–Crippen LogP) is 3.32. The summed E-state index contributed by atoms with van der Waals surface area (Å²) in [5, 5.41) is -0.336. The molecule has 0 atom stereocenters. The maximum Gasteiger partial charge on any atom is 0.456 e. The van der Waals surface area contributed by atoms with Crippen molar-refractivity contribution in [3.05, 3.63) is 47.8 Å². The number of aromatic nitrogens is 3. The van der Waals surface area contributed by atoms with Gasteiger partial charge in [-0.3, -0.25) is 4.98 Å². The van der Waals surface area contributed by atoms with Gasteiger partial charge in [0.2, 0.25) is 5.16 Å². The Balaban J connectivity index is 1.72. The number of ether oxygens (including phenoxy) is 1. The first-order valence-electron chi connectivity index (χ1n) is 8.36. The zero-order valence-electron chi connectivity index (χ0n) is 15.3. The van der Waals surface area contributed by atoms with Crippen LogP contribution in [0.25, 0.3) is 11.0 Å². The molecule has 2 N–H and O–H groups in total. The Morgan fingerprint density at radius 2 is 1.87 bits per heavy atom. The summed E-state index contributed by atoms with van der Waals surface area (Å²) in [4.78, 5) is 10.5. The van der Waals surface area contributed by atoms with Crippen LogP contribution in [0.2, 0.25) is 0 Å². The Kier molecular flexibility index (Phi) is 5.69. The number of hydrogen-bond acceptors (Lipinski definition) is 5. The van der Waals surface area contributed by atoms with Gasteiger partial charge in [-0.15, -0.1) is 0 Å². The number of nitrogens with zero attached hydrogens (tertiary/aromatic N) is 2. The molecule has 0 saturated carbocycles. The first kappa shape index (κ1) is 21.9. The fourth-order valence-corrected chi connectivity index (χ4v) is 3.28. The Bertz CT molecular complexity index is 1130. The lowest BCUT2D eigenvalue weighted by Crippen LogP contribution is -2.41. The summed E-state index contributed by atoms with van der Waals surface area (Å²) < 4.78 is 94.6. The van der Waals surface area contributed by atoms with Crippen molar-refractivity contribution in [1.29, 1.82) is 0 Å². The van der Waals surface area contributed by atoms with Crippen LogP contribution < -0.4 is 9.46 Å². The van der Waals surface area contributed by atoms with Gasteiger partial charge in [-0.1, -0.05) is 12.1 Å². The number of hydrogen-bond donors (Lipinski definition) is 2. The van der Waals surface area contributed by atoms with Crippen LogP contribution in [-0.2, 0) is 16.6 Å². The average Bonchev–Trinajstić information content (AvgIpc) is 3.11. The lowest BCUT2D eigenvalue weighted by Gasteiger charge is -2.20. The van der Waals surface area contributed by atoms with Gasteiger partial charge in [0.1, 0.15) is 5.75 Å². The maximum atomic E-state index is 13.1. The molecule has 13 heteroatoms. The summed E-state index contributed by atoms with van der Waals surface area (Å²) in [6.45, 7) is -0.881. The van der Waals surface area contributed by atoms with E-state index in [0.29, 0.717) is 11.0 Å². The fraction of sp³-hybridized carbons (Fsp3) is 0.294. The van der Waals surface area contributed by atoms with E-state index in [4.69, 9.17) is 0 Å². The highest BCUT2D eigenvalue weighted by molar-refractivity contribution is 7.89. The molecule has 0 aliphatic rings. The minimum atomic E-state index is -5.75. The summed E-state index contributed by atoms with van der Waals surface area (Å²) in [7, 11) is -4.06. The molecule has 0 amide bonds. The van der Waals surface area contributed by atoms with Gasteiger partial charge in [0.05, 0.1) is 23.3 Å². The number of H-pyrrole nitrogens is 1. The quantitative estimate of drug-likeness (QED) is 0.539. The molecule has 0 aliphatic heterocycles. The van der Waals surface area contributed by atoms with Crippen molar-refractivity contribution in [2.75, 3.05) is 6.61 Å². The van der Waals surface area contributed by atoms with Crippen LogP contribution in [0.3, 0.4) is 0 Å². The van der Waals surface area contributed by atoms with Gasteiger partial charge >= 0.3 is 12.1 Å². The van der Waals surface area contributed by atoms with Crippen molar-refractivity contribution in [2.24, 2.45) is 0 Å². The second-order valence-corrected chi connectivity index (χ2v) is 8.00. The minimum Gasteiger partial charge on any atom is -0.487 e. The van der Waals surface area contributed by atoms with Gasteiger partial charge in [-0.05, 0) is 19.1 Å². The number of rotatable bonds is 7. The first-order valence-corrected chi connectivity index (χ1v) is 9.85. The summed E-state index contributed by atoms with van der Waals surface area (Å²) in [5.74, 6) is -5.31. The molecule has 0 aliphatic carbocycles. The van der Waals surface area contributed by atoms with Crippen LogP contribution in [-0.4, -0.2) is 42.1 Å². The number of para-hydroxylation sites is 2. The smallest absolute Gasteiger partial charge is 0.456 e. The summed E-state index contributed by atoms with van der Waals surface area (Å²) >= 11 is 0. The van der Waals surface area contributed by atoms with E-state index in [0.717, 1.165) is 6.07 Å². The number of alkyl halides is 5. The van der Waals surface area contributed by atoms with E-state index in [1.54, 1.807) is 24.3 Å². The van der Waals surface area contributed by atoms with Crippen molar-refractivity contribution < 1.29 is 35.1 Å². The Morgan fingerprint density at radius 1 is 1.17 bits per heavy atom. The van der Waals surface area contributed by atoms with Gasteiger partial charge in [-0.25, -0.2) is 18.1 Å². The SMILES string of the molecule is Cc1cnc(CNS(=O)(=O)c2nc3ccccc3[nH]2)cc1OCC(F)(F)C(F)(F)F. The largest absolute Gasteiger partial charge is 0.487 e. The standard InChI is InChI=1S/C17H15F5N4O3S/c1-10-7-23-11(6-14(10)29-9-16(18,19)17(20,21)22)8-24-30(27,28)15-25-12-4-2-3-5-13(12)26-15/h2-7,24H,8-9H2,1H3,(H,25,26). The minimum absolute atomic E-state index is 0.0469. The Labute approximate surface area is 167 Å². The van der Waals surface area contributed by atoms with E-state index in [1.165, 1.54) is 13.1 Å². The number of halogens is 5. The molecule has 3 aromatic rings. The third-order valence-corrected chi connectivity index (χ3v) is 5.23. The van der Waals surface area contributed by atoms with Crippen molar-refractivity contribution in [3.63, 3.8) is 0 Å². The second kappa shape index (κ2) is 7.80. The van der Waals surface area contributed by atoms with Crippen molar-refractivity contribution in [1.82, 2.24) is 19.7 Å². The molecule has 2 aromatic heterocycles. The normalized spacial score (nSPS) is 13.0. The summed E-state index contributed by atoms with van der Waals surface area (Å²) in [6.07, 6.45) is -4.58. The summed E-state index contributed by atoms with van der Waals surface area (Å²) in [5.41, 5.74) is 1.20. The van der Waals surface area contributed by atoms with Crippen LogP contribution in [0.1, 0.15) is 11.3 Å². The van der Waals surface area contributed by atoms with E-state index in [1.807, 2.05) is 0 Å². The lowest BCUT2D eigenvalue weighted by atomic mass is 10.2. The second-order valence-electron chi connectivity index (χ2n) is 6.32. The number of aromatic amines is 1. The van der Waals surface area contributed by atoms with E-state index in [9.17, 15) is 30.4 Å². The molecule has 2 heterocycles. The molecule has 0 unspecified atom stereocenters. The van der Waals surface area contributed by atoms with E-state index in [2.05, 4.69) is 24.4 Å². The number of nitrogens with one attached hydrogen (secondary N) is 2. The molecule has 0 bridgehead atoms. The average molecular weight is 450 g/mol. The fourth-order valence-electron chi connectivity index (χ4n) is 2.34. The monoisotopic (exact) mass is 450 g/mol. The van der Waals surface area contributed by atoms with E-state index in [-0.39, 0.29) is 28.7 Å². The van der Waals surface area contributed by atoms with Gasteiger partial charge in [0.15, 0.2) is 6.61 Å². The van der Waals surface area contributed by atoms with Crippen LogP contribution in [0, 0.1) is 6.92 Å². The van der Waals surface area contributed by atoms with Gasteiger partial charge < -0.3 is 9.72 Å². The zero-order chi connectivity index (χ0) is 22.2. The van der Waals surface area contributed by atoms with Crippen molar-refractivity contribution in [2.45, 2.75) is 30.7 Å². The number of fused-ring (bicyclic) bond motifs is 1. The van der Waals surface area contributed by atoms with Crippen LogP contribution >= 0.6 is 0 Å². The molecule has 30 heavy (non-hydrogen) atoms. The highest BCUT2D eigenvalue weighted by Gasteiger charge is 2.58. The molecular formula is C17H15F5N4O3S. The van der Waals surface area contributed by atoms with Crippen LogP contribution in [0.15, 0.2) is 41.7 Å². The lowest BCUT2D eigenvalue weighted by molar-refractivity contribution is -0.290. The molecular weight excluding hydrogens is 435 g/mol. The van der Waals surface area contributed by atoms with Gasteiger partial charge in [0, 0.05) is 17.8 Å². The molecule has 3 rings (SSSR count). The molecule has 0 fully saturated rings. The number of aryl methyl sites for hydroxylation is 1.